The van der Waals surface area contributed by atoms with Gasteiger partial charge in [-0.05, 0) is 61.6 Å². The number of ether oxygens (including phenoxy) is 1. The molecular formula is C21H22N2O2S. The minimum Gasteiger partial charge on any atom is -0.456 e. The van der Waals surface area contributed by atoms with Gasteiger partial charge in [0.05, 0.1) is 0 Å². The SMILES string of the molecule is CC1=C(C)/C(=C/c2[nH]c(C(=O)OCc3ccccc3)c(C)c2C)NC1=S. The molecule has 1 aromatic heterocycles. The Morgan fingerprint density at radius 3 is 2.38 bits per heavy atom. The number of esters is 1. The van der Waals surface area contributed by atoms with Crippen molar-refractivity contribution in [2.45, 2.75) is 34.3 Å². The Balaban J connectivity index is 1.81. The van der Waals surface area contributed by atoms with Crippen LogP contribution in [0.2, 0.25) is 0 Å². The average molecular weight is 366 g/mol. The van der Waals surface area contributed by atoms with Gasteiger partial charge in [-0.1, -0.05) is 42.5 Å². The third-order valence-corrected chi connectivity index (χ3v) is 5.27. The standard InChI is InChI=1S/C21H22N2O2S/c1-12-14(3)19(21(24)25-11-16-8-6-5-7-9-16)22-17(12)10-18-13(2)15(4)20(26)23-18/h5-10,22H,11H2,1-4H3,(H,23,26)/b18-10-. The lowest BCUT2D eigenvalue weighted by atomic mass is 10.1. The summed E-state index contributed by atoms with van der Waals surface area (Å²) < 4.78 is 5.45. The van der Waals surface area contributed by atoms with Crippen LogP contribution in [0.1, 0.15) is 46.7 Å². The number of allylic oxidation sites excluding steroid dienone is 1. The summed E-state index contributed by atoms with van der Waals surface area (Å²) in [6.45, 7) is 8.21. The number of rotatable bonds is 4. The Morgan fingerprint density at radius 2 is 1.77 bits per heavy atom. The van der Waals surface area contributed by atoms with E-state index in [1.807, 2.05) is 64.1 Å². The number of H-pyrrole nitrogens is 1. The number of thiocarbonyl (C=S) groups is 1. The molecule has 4 nitrogen and oxygen atoms in total. The molecule has 5 heteroatoms. The van der Waals surface area contributed by atoms with Crippen LogP contribution in [-0.4, -0.2) is 15.9 Å². The first kappa shape index (κ1) is 18.1. The van der Waals surface area contributed by atoms with Crippen molar-refractivity contribution in [3.8, 4) is 0 Å². The molecule has 1 aromatic carbocycles. The number of carbonyl (C=O) groups is 1. The van der Waals surface area contributed by atoms with Gasteiger partial charge >= 0.3 is 5.97 Å². The molecule has 26 heavy (non-hydrogen) atoms. The fourth-order valence-corrected chi connectivity index (χ4v) is 3.09. The molecule has 0 bridgehead atoms. The largest absolute Gasteiger partial charge is 0.456 e. The van der Waals surface area contributed by atoms with Gasteiger partial charge < -0.3 is 15.0 Å². The molecule has 0 radical (unpaired) electrons. The second kappa shape index (κ2) is 7.30. The van der Waals surface area contributed by atoms with Gasteiger partial charge in [0.15, 0.2) is 0 Å². The first-order valence-electron chi connectivity index (χ1n) is 8.49. The predicted molar refractivity (Wildman–Crippen MR) is 108 cm³/mol. The van der Waals surface area contributed by atoms with E-state index in [1.54, 1.807) is 0 Å². The maximum atomic E-state index is 12.5. The lowest BCUT2D eigenvalue weighted by molar-refractivity contribution is 0.0465. The van der Waals surface area contributed by atoms with E-state index in [-0.39, 0.29) is 12.6 Å². The highest BCUT2D eigenvalue weighted by Gasteiger charge is 2.20. The lowest BCUT2D eigenvalue weighted by Crippen LogP contribution is -2.13. The molecule has 0 amide bonds. The van der Waals surface area contributed by atoms with Crippen molar-refractivity contribution in [3.63, 3.8) is 0 Å². The summed E-state index contributed by atoms with van der Waals surface area (Å²) >= 11 is 5.30. The maximum Gasteiger partial charge on any atom is 0.355 e. The van der Waals surface area contributed by atoms with Crippen LogP contribution in [0.25, 0.3) is 6.08 Å². The van der Waals surface area contributed by atoms with Gasteiger partial charge in [0.2, 0.25) is 0 Å². The van der Waals surface area contributed by atoms with Crippen LogP contribution >= 0.6 is 12.2 Å². The Hall–Kier alpha value is -2.66. The Kier molecular flexibility index (Phi) is 5.09. The van der Waals surface area contributed by atoms with Crippen LogP contribution in [0.15, 0.2) is 47.2 Å². The summed E-state index contributed by atoms with van der Waals surface area (Å²) in [5.74, 6) is -0.350. The molecule has 2 N–H and O–H groups in total. The minimum atomic E-state index is -0.350. The average Bonchev–Trinajstić information content (AvgIpc) is 3.06. The molecule has 134 valence electrons. The van der Waals surface area contributed by atoms with Gasteiger partial charge in [0, 0.05) is 11.4 Å². The maximum absolute atomic E-state index is 12.5. The molecular weight excluding hydrogens is 344 g/mol. The highest BCUT2D eigenvalue weighted by molar-refractivity contribution is 7.80. The van der Waals surface area contributed by atoms with Gasteiger partial charge in [0.25, 0.3) is 0 Å². The van der Waals surface area contributed by atoms with E-state index in [9.17, 15) is 4.79 Å². The smallest absolute Gasteiger partial charge is 0.355 e. The number of hydrogen-bond donors (Lipinski definition) is 2. The number of aromatic amines is 1. The van der Waals surface area contributed by atoms with Gasteiger partial charge in [0.1, 0.15) is 17.3 Å². The van der Waals surface area contributed by atoms with Crippen molar-refractivity contribution in [3.05, 3.63) is 75.3 Å². The topological polar surface area (TPSA) is 54.1 Å². The molecule has 2 aromatic rings. The second-order valence-corrected chi connectivity index (χ2v) is 6.90. The minimum absolute atomic E-state index is 0.254. The van der Waals surface area contributed by atoms with Gasteiger partial charge in [-0.2, -0.15) is 0 Å². The van der Waals surface area contributed by atoms with E-state index < -0.39 is 0 Å². The van der Waals surface area contributed by atoms with E-state index in [4.69, 9.17) is 17.0 Å². The van der Waals surface area contributed by atoms with Crippen LogP contribution in [0, 0.1) is 13.8 Å². The van der Waals surface area contributed by atoms with Crippen molar-refractivity contribution < 1.29 is 9.53 Å². The molecule has 3 rings (SSSR count). The van der Waals surface area contributed by atoms with Crippen LogP contribution in [0.5, 0.6) is 0 Å². The highest BCUT2D eigenvalue weighted by atomic mass is 32.1. The van der Waals surface area contributed by atoms with Gasteiger partial charge in [-0.3, -0.25) is 0 Å². The molecule has 0 saturated carbocycles. The zero-order chi connectivity index (χ0) is 18.8. The summed E-state index contributed by atoms with van der Waals surface area (Å²) in [6, 6.07) is 9.65. The number of benzene rings is 1. The number of hydrogen-bond acceptors (Lipinski definition) is 3. The normalized spacial score (nSPS) is 15.5. The fourth-order valence-electron chi connectivity index (χ4n) is 2.83. The van der Waals surface area contributed by atoms with E-state index in [1.165, 1.54) is 0 Å². The van der Waals surface area contributed by atoms with Crippen molar-refractivity contribution in [2.24, 2.45) is 0 Å². The van der Waals surface area contributed by atoms with E-state index in [0.29, 0.717) is 5.69 Å². The molecule has 1 aliphatic heterocycles. The first-order valence-corrected chi connectivity index (χ1v) is 8.90. The molecule has 0 atom stereocenters. The van der Waals surface area contributed by atoms with Crippen LogP contribution in [-0.2, 0) is 11.3 Å². The molecule has 0 saturated heterocycles. The fraction of sp³-hybridized carbons (Fsp3) is 0.238. The number of carbonyl (C=O) groups excluding carboxylic acids is 1. The van der Waals surface area contributed by atoms with E-state index in [2.05, 4.69) is 10.3 Å². The number of nitrogens with one attached hydrogen (secondary N) is 2. The highest BCUT2D eigenvalue weighted by Crippen LogP contribution is 2.26. The quantitative estimate of drug-likeness (QED) is 0.613. The van der Waals surface area contributed by atoms with Crippen LogP contribution in [0.3, 0.4) is 0 Å². The van der Waals surface area contributed by atoms with Crippen LogP contribution < -0.4 is 5.32 Å². The Labute approximate surface area is 159 Å². The van der Waals surface area contributed by atoms with E-state index in [0.717, 1.165) is 44.2 Å². The van der Waals surface area contributed by atoms with Gasteiger partial charge in [-0.25, -0.2) is 4.79 Å². The Morgan fingerprint density at radius 1 is 1.08 bits per heavy atom. The van der Waals surface area contributed by atoms with E-state index >= 15 is 0 Å². The Bertz CT molecular complexity index is 936. The van der Waals surface area contributed by atoms with Gasteiger partial charge in [-0.15, -0.1) is 0 Å². The monoisotopic (exact) mass is 366 g/mol. The molecule has 0 fully saturated rings. The summed E-state index contributed by atoms with van der Waals surface area (Å²) in [7, 11) is 0. The zero-order valence-corrected chi connectivity index (χ0v) is 16.2. The molecule has 0 spiro atoms. The zero-order valence-electron chi connectivity index (χ0n) is 15.4. The molecule has 1 aliphatic rings. The third-order valence-electron chi connectivity index (χ3n) is 4.86. The lowest BCUT2D eigenvalue weighted by Gasteiger charge is -2.04. The molecule has 2 heterocycles. The summed E-state index contributed by atoms with van der Waals surface area (Å²) in [5.41, 5.74) is 7.41. The van der Waals surface area contributed by atoms with Crippen LogP contribution in [0.4, 0.5) is 0 Å². The molecule has 0 unspecified atom stereocenters. The van der Waals surface area contributed by atoms with Crippen molar-refractivity contribution >= 4 is 29.3 Å². The summed E-state index contributed by atoms with van der Waals surface area (Å²) in [6.07, 6.45) is 1.99. The summed E-state index contributed by atoms with van der Waals surface area (Å²) in [5, 5.41) is 3.22. The van der Waals surface area contributed by atoms with Crippen molar-refractivity contribution in [2.75, 3.05) is 0 Å². The van der Waals surface area contributed by atoms with Crippen molar-refractivity contribution in [1.29, 1.82) is 0 Å². The number of aromatic nitrogens is 1. The van der Waals surface area contributed by atoms with Crippen molar-refractivity contribution in [1.82, 2.24) is 10.3 Å². The second-order valence-electron chi connectivity index (χ2n) is 6.49. The predicted octanol–water partition coefficient (Wildman–Crippen LogP) is 4.60. The molecule has 0 aliphatic carbocycles. The third kappa shape index (κ3) is 3.48. The summed E-state index contributed by atoms with van der Waals surface area (Å²) in [4.78, 5) is 16.4. The first-order chi connectivity index (χ1) is 12.4.